The van der Waals surface area contributed by atoms with E-state index >= 15 is 0 Å². The summed E-state index contributed by atoms with van der Waals surface area (Å²) < 4.78 is 162. The molecule has 0 amide bonds. The number of morpholine rings is 1. The number of hydrogen-bond acceptors (Lipinski definition) is 5. The number of aromatic amines is 1. The lowest BCUT2D eigenvalue weighted by molar-refractivity contribution is 0.0115. The molecule has 1 aromatic heterocycles. The predicted molar refractivity (Wildman–Crippen MR) is 142 cm³/mol. The SMILES string of the molecule is [2H]CC([2H])([2H])c1cc2c(cc1N1C([2H])([2H])C([2H])([2H])C([2H])(N3CC([2H])([2H])OC([2H])([2H])C3)C([2H])([2H])C1([2H])[2H])C(C[2H])(C[2H])c1[nH]c3cc(C#N)ccc3c1C2=O. The summed E-state index contributed by atoms with van der Waals surface area (Å²) in [6, 6.07) is 4.44. The summed E-state index contributed by atoms with van der Waals surface area (Å²) in [5.74, 6) is -0.751. The average Bonchev–Trinajstić information content (AvgIpc) is 3.45. The number of aryl methyl sites for hydroxylation is 1. The Kier molecular flexibility index (Phi) is 2.60. The Labute approximate surface area is 238 Å². The van der Waals surface area contributed by atoms with Crippen LogP contribution in [-0.2, 0) is 16.5 Å². The molecule has 2 fully saturated rings. The van der Waals surface area contributed by atoms with Crippen molar-refractivity contribution in [2.75, 3.05) is 44.1 Å². The number of ketones is 1. The molecule has 0 radical (unpaired) electrons. The molecule has 0 atom stereocenters. The zero-order chi connectivity index (χ0) is 40.6. The van der Waals surface area contributed by atoms with Gasteiger partial charge < -0.3 is 14.6 Å². The fourth-order valence-electron chi connectivity index (χ4n) is 4.67. The number of anilines is 1. The third kappa shape index (κ3) is 3.56. The van der Waals surface area contributed by atoms with E-state index in [0.717, 1.165) is 12.1 Å². The van der Waals surface area contributed by atoms with Gasteiger partial charge in [-0.25, -0.2) is 0 Å². The number of rotatable bonds is 3. The highest BCUT2D eigenvalue weighted by Crippen LogP contribution is 2.46. The van der Waals surface area contributed by atoms with Gasteiger partial charge in [0.15, 0.2) is 5.78 Å². The average molecular weight is 501 g/mol. The van der Waals surface area contributed by atoms with Crippen molar-refractivity contribution >= 4 is 22.4 Å². The molecule has 1 aliphatic carbocycles. The molecular formula is C30H34N4O2. The lowest BCUT2D eigenvalue weighted by Gasteiger charge is -2.42. The minimum Gasteiger partial charge on any atom is -0.379 e. The lowest BCUT2D eigenvalue weighted by atomic mass is 9.70. The van der Waals surface area contributed by atoms with Crippen LogP contribution >= 0.6 is 0 Å². The zero-order valence-electron chi connectivity index (χ0n) is 37.1. The monoisotopic (exact) mass is 500 g/mol. The number of carbonyl (C=O) groups is 1. The van der Waals surface area contributed by atoms with E-state index in [4.69, 9.17) is 22.6 Å². The van der Waals surface area contributed by atoms with Gasteiger partial charge in [0, 0.05) is 84.6 Å². The standard InChI is InChI=1S/C30H34N4O2/c1-4-20-16-23-24(17-26(20)34-9-7-21(8-10-34)33-11-13-36-14-12-33)30(2,3)29-27(28(23)35)22-6-5-19(18-31)15-25(22)32-29/h5-6,15-17,21,32H,4,7-14H2,1-3H3/i1D,2D,3D,4D2,7D2,8D2,9D2,10D2,13D2,14D2,21D. The summed E-state index contributed by atoms with van der Waals surface area (Å²) in [5.41, 5.74) is -3.34. The topological polar surface area (TPSA) is 72.4 Å². The molecule has 2 saturated heterocycles. The fraction of sp³-hybridized carbons (Fsp3) is 0.467. The van der Waals surface area contributed by atoms with Gasteiger partial charge in [-0.15, -0.1) is 0 Å². The van der Waals surface area contributed by atoms with Crippen LogP contribution in [-0.4, -0.2) is 60.9 Å². The molecule has 186 valence electrons. The Morgan fingerprint density at radius 1 is 1.28 bits per heavy atom. The normalized spacial score (nSPS) is 37.2. The van der Waals surface area contributed by atoms with Crippen LogP contribution in [0, 0.1) is 11.3 Å². The predicted octanol–water partition coefficient (Wildman–Crippen LogP) is 4.77. The minimum atomic E-state index is -3.92. The molecule has 2 aromatic carbocycles. The highest BCUT2D eigenvalue weighted by Gasteiger charge is 2.40. The van der Waals surface area contributed by atoms with Crippen LogP contribution in [0.15, 0.2) is 30.3 Å². The van der Waals surface area contributed by atoms with Crippen molar-refractivity contribution in [3.05, 3.63) is 63.8 Å². The first kappa shape index (κ1) is 10.7. The number of benzene rings is 2. The molecule has 6 heteroatoms. The number of H-pyrrole nitrogens is 1. The maximum Gasteiger partial charge on any atom is 0.195 e. The van der Waals surface area contributed by atoms with Crippen molar-refractivity contribution in [1.29, 1.82) is 5.26 Å². The van der Waals surface area contributed by atoms with Gasteiger partial charge in [-0.1, -0.05) is 26.8 Å². The van der Waals surface area contributed by atoms with Gasteiger partial charge in [-0.3, -0.25) is 9.69 Å². The molecule has 3 aliphatic rings. The molecule has 1 N–H and O–H groups in total. The molecule has 6 rings (SSSR count). The molecule has 0 unspecified atom stereocenters. The summed E-state index contributed by atoms with van der Waals surface area (Å²) in [5, 5.41) is 9.78. The highest BCUT2D eigenvalue weighted by molar-refractivity contribution is 6.20. The number of fused-ring (bicyclic) bond motifs is 4. The number of carbonyl (C=O) groups excluding carboxylic acids is 1. The third-order valence-electron chi connectivity index (χ3n) is 6.50. The van der Waals surface area contributed by atoms with Crippen molar-refractivity contribution in [1.82, 2.24) is 9.88 Å². The number of nitrogens with one attached hydrogen (secondary N) is 1. The Hall–Kier alpha value is -3.14. The highest BCUT2D eigenvalue weighted by atomic mass is 16.5. The first-order valence-electron chi connectivity index (χ1n) is 20.6. The van der Waals surface area contributed by atoms with Crippen molar-refractivity contribution in [3.63, 3.8) is 0 Å². The second-order valence-electron chi connectivity index (χ2n) is 8.65. The van der Waals surface area contributed by atoms with Crippen LogP contribution in [0.5, 0.6) is 0 Å². The summed E-state index contributed by atoms with van der Waals surface area (Å²) in [4.78, 5) is 17.7. The van der Waals surface area contributed by atoms with E-state index in [1.165, 1.54) is 18.2 Å². The van der Waals surface area contributed by atoms with Gasteiger partial charge in [0.25, 0.3) is 0 Å². The number of hydrogen-bond donors (Lipinski definition) is 1. The van der Waals surface area contributed by atoms with Crippen molar-refractivity contribution in [3.8, 4) is 6.07 Å². The quantitative estimate of drug-likeness (QED) is 0.561. The molecule has 0 saturated carbocycles. The maximum atomic E-state index is 14.4. The van der Waals surface area contributed by atoms with E-state index in [2.05, 4.69) is 4.98 Å². The summed E-state index contributed by atoms with van der Waals surface area (Å²) in [6.45, 7) is -18.4. The molecule has 3 heterocycles. The van der Waals surface area contributed by atoms with Crippen molar-refractivity contribution < 1.29 is 34.2 Å². The van der Waals surface area contributed by atoms with Gasteiger partial charge >= 0.3 is 0 Å². The van der Waals surface area contributed by atoms with Gasteiger partial charge in [0.1, 0.15) is 0 Å². The molecule has 3 aromatic rings. The number of aromatic nitrogens is 1. The second kappa shape index (κ2) is 8.76. The number of ether oxygens (including phenoxy) is 1. The van der Waals surface area contributed by atoms with Crippen molar-refractivity contribution in [2.45, 2.75) is 51.3 Å². The molecule has 6 nitrogen and oxygen atoms in total. The molecule has 36 heavy (non-hydrogen) atoms. The Balaban J connectivity index is 1.67. The van der Waals surface area contributed by atoms with Crippen LogP contribution in [0.1, 0.15) is 96.4 Å². The van der Waals surface area contributed by atoms with E-state index in [-0.39, 0.29) is 32.8 Å². The first-order chi connectivity index (χ1) is 24.6. The maximum absolute atomic E-state index is 14.4. The molecule has 0 spiro atoms. The minimum absolute atomic E-state index is 0.00662. The summed E-state index contributed by atoms with van der Waals surface area (Å²) in [6.07, 6.45) is -10.7. The molecule has 2 aliphatic heterocycles. The van der Waals surface area contributed by atoms with Crippen molar-refractivity contribution in [2.24, 2.45) is 0 Å². The van der Waals surface area contributed by atoms with E-state index < -0.39 is 107 Å². The Morgan fingerprint density at radius 3 is 2.81 bits per heavy atom. The van der Waals surface area contributed by atoms with E-state index in [1.54, 1.807) is 0 Å². The van der Waals surface area contributed by atoms with Crippen LogP contribution in [0.25, 0.3) is 10.9 Å². The second-order valence-corrected chi connectivity index (χ2v) is 8.65. The van der Waals surface area contributed by atoms with E-state index in [9.17, 15) is 16.9 Å². The fourth-order valence-corrected chi connectivity index (χ4v) is 4.67. The lowest BCUT2D eigenvalue weighted by Crippen LogP contribution is -2.49. The van der Waals surface area contributed by atoms with E-state index in [1.807, 2.05) is 6.07 Å². The molecule has 0 bridgehead atoms. The first-order valence-corrected chi connectivity index (χ1v) is 11.0. The van der Waals surface area contributed by atoms with Crippen LogP contribution in [0.2, 0.25) is 0 Å². The summed E-state index contributed by atoms with van der Waals surface area (Å²) in [7, 11) is 0. The Bertz CT molecular complexity index is 2060. The smallest absolute Gasteiger partial charge is 0.195 e. The summed E-state index contributed by atoms with van der Waals surface area (Å²) >= 11 is 0. The Morgan fingerprint density at radius 2 is 2.08 bits per heavy atom. The van der Waals surface area contributed by atoms with Gasteiger partial charge in [-0.05, 0) is 54.5 Å². The van der Waals surface area contributed by atoms with Crippen LogP contribution in [0.4, 0.5) is 5.69 Å². The largest absolute Gasteiger partial charge is 0.379 e. The number of nitrogens with zero attached hydrogens (tertiary/aromatic N) is 3. The number of piperidine rings is 1. The van der Waals surface area contributed by atoms with Gasteiger partial charge in [0.2, 0.25) is 0 Å². The van der Waals surface area contributed by atoms with Gasteiger partial charge in [0.05, 0.1) is 35.8 Å². The van der Waals surface area contributed by atoms with Gasteiger partial charge in [-0.2, -0.15) is 5.26 Å². The molecular weight excluding hydrogens is 448 g/mol. The van der Waals surface area contributed by atoms with Crippen LogP contribution < -0.4 is 4.90 Å². The van der Waals surface area contributed by atoms with Crippen LogP contribution in [0.3, 0.4) is 0 Å². The third-order valence-corrected chi connectivity index (χ3v) is 6.50. The zero-order valence-corrected chi connectivity index (χ0v) is 19.1. The number of nitriles is 1. The van der Waals surface area contributed by atoms with E-state index in [0.29, 0.717) is 15.8 Å².